The third-order valence-corrected chi connectivity index (χ3v) is 4.40. The first kappa shape index (κ1) is 22.3. The summed E-state index contributed by atoms with van der Waals surface area (Å²) in [5, 5.41) is 2.75. The van der Waals surface area contributed by atoms with Crippen molar-refractivity contribution in [1.82, 2.24) is 14.5 Å². The number of nitrogens with one attached hydrogen (secondary N) is 1. The molecule has 9 heteroatoms. The van der Waals surface area contributed by atoms with Crippen LogP contribution in [0.3, 0.4) is 0 Å². The summed E-state index contributed by atoms with van der Waals surface area (Å²) < 4.78 is 7.27. The summed E-state index contributed by atoms with van der Waals surface area (Å²) in [7, 11) is 3.59. The number of pyridine rings is 1. The lowest BCUT2D eigenvalue weighted by Crippen LogP contribution is -2.27. The normalized spacial score (nSPS) is 11.2. The third-order valence-electron chi connectivity index (χ3n) is 4.10. The molecule has 0 saturated carbocycles. The highest BCUT2D eigenvalue weighted by atomic mass is 35.5. The van der Waals surface area contributed by atoms with Crippen LogP contribution in [0.2, 0.25) is 5.15 Å². The number of ether oxygens (including phenoxy) is 1. The molecule has 3 rings (SSSR count). The minimum atomic E-state index is -0.741. The molecule has 0 saturated heterocycles. The number of carbonyl (C=O) groups is 2. The molecule has 31 heavy (non-hydrogen) atoms. The third kappa shape index (κ3) is 5.03. The van der Waals surface area contributed by atoms with Gasteiger partial charge in [0.2, 0.25) is 5.95 Å². The monoisotopic (exact) mass is 441 g/mol. The molecule has 1 aromatic carbocycles. The van der Waals surface area contributed by atoms with Gasteiger partial charge in [0.25, 0.3) is 5.91 Å². The number of carbonyl (C=O) groups excluding carboxylic acids is 2. The maximum atomic E-state index is 13.2. The van der Waals surface area contributed by atoms with E-state index in [4.69, 9.17) is 16.3 Å². The minimum absolute atomic E-state index is 0.0501. The SMILES string of the molecule is CN(C)c1nc(NC(=O)c2cccnc2Cl)c(C(=O)OC(C)(C)C)n1-c1ccccc1. The highest BCUT2D eigenvalue weighted by Crippen LogP contribution is 2.30. The summed E-state index contributed by atoms with van der Waals surface area (Å²) >= 11 is 6.06. The first-order valence-corrected chi connectivity index (χ1v) is 9.97. The van der Waals surface area contributed by atoms with E-state index in [1.165, 1.54) is 6.20 Å². The van der Waals surface area contributed by atoms with Gasteiger partial charge < -0.3 is 15.0 Å². The average molecular weight is 442 g/mol. The van der Waals surface area contributed by atoms with Crippen LogP contribution in [-0.4, -0.2) is 46.1 Å². The second kappa shape index (κ2) is 8.77. The Balaban J connectivity index is 2.17. The second-order valence-corrected chi connectivity index (χ2v) is 8.33. The van der Waals surface area contributed by atoms with Crippen molar-refractivity contribution in [2.75, 3.05) is 24.3 Å². The molecule has 0 fully saturated rings. The number of amides is 1. The molecule has 0 atom stereocenters. The van der Waals surface area contributed by atoms with E-state index in [9.17, 15) is 9.59 Å². The van der Waals surface area contributed by atoms with Crippen LogP contribution in [0.5, 0.6) is 0 Å². The molecular formula is C22H24ClN5O3. The standard InChI is InChI=1S/C22H24ClN5O3/c1-22(2,3)31-20(30)16-18(25-19(29)15-12-9-13-24-17(15)23)26-21(27(4)5)28(16)14-10-7-6-8-11-14/h6-13H,1-5H3,(H,25,29). The van der Waals surface area contributed by atoms with Crippen molar-refractivity contribution in [3.8, 4) is 5.69 Å². The van der Waals surface area contributed by atoms with Crippen LogP contribution < -0.4 is 10.2 Å². The van der Waals surface area contributed by atoms with Crippen LogP contribution in [0.25, 0.3) is 5.69 Å². The Labute approximate surface area is 185 Å². The fourth-order valence-electron chi connectivity index (χ4n) is 2.86. The summed E-state index contributed by atoms with van der Waals surface area (Å²) in [4.78, 5) is 36.3. The fraction of sp³-hybridized carbons (Fsp3) is 0.273. The van der Waals surface area contributed by atoms with Crippen molar-refractivity contribution in [2.45, 2.75) is 26.4 Å². The lowest BCUT2D eigenvalue weighted by Gasteiger charge is -2.21. The van der Waals surface area contributed by atoms with Crippen molar-refractivity contribution >= 4 is 35.2 Å². The number of anilines is 2. The van der Waals surface area contributed by atoms with Crippen LogP contribution in [0, 0.1) is 0 Å². The smallest absolute Gasteiger partial charge is 0.359 e. The molecule has 1 amide bonds. The Kier molecular flexibility index (Phi) is 6.31. The quantitative estimate of drug-likeness (QED) is 0.471. The lowest BCUT2D eigenvalue weighted by atomic mass is 10.2. The fourth-order valence-corrected chi connectivity index (χ4v) is 3.07. The summed E-state index contributed by atoms with van der Waals surface area (Å²) in [5.41, 5.74) is 0.215. The molecule has 8 nitrogen and oxygen atoms in total. The number of rotatable bonds is 5. The van der Waals surface area contributed by atoms with Gasteiger partial charge in [0, 0.05) is 26.0 Å². The van der Waals surface area contributed by atoms with Gasteiger partial charge in [-0.05, 0) is 45.0 Å². The maximum absolute atomic E-state index is 13.2. The molecule has 1 N–H and O–H groups in total. The largest absolute Gasteiger partial charge is 0.455 e. The van der Waals surface area contributed by atoms with Gasteiger partial charge in [-0.2, -0.15) is 4.98 Å². The second-order valence-electron chi connectivity index (χ2n) is 7.97. The Morgan fingerprint density at radius 2 is 1.77 bits per heavy atom. The number of esters is 1. The highest BCUT2D eigenvalue weighted by Gasteiger charge is 2.30. The zero-order chi connectivity index (χ0) is 22.8. The van der Waals surface area contributed by atoms with E-state index < -0.39 is 17.5 Å². The predicted octanol–water partition coefficient (Wildman–Crippen LogP) is 4.19. The summed E-state index contributed by atoms with van der Waals surface area (Å²) in [5.74, 6) is -0.651. The van der Waals surface area contributed by atoms with Crippen molar-refractivity contribution in [3.05, 3.63) is 65.1 Å². The number of nitrogens with zero attached hydrogens (tertiary/aromatic N) is 4. The van der Waals surface area contributed by atoms with E-state index in [1.54, 1.807) is 56.5 Å². The Bertz CT molecular complexity index is 1100. The molecule has 0 aliphatic rings. The maximum Gasteiger partial charge on any atom is 0.359 e. The lowest BCUT2D eigenvalue weighted by molar-refractivity contribution is 0.00619. The number of hydrogen-bond acceptors (Lipinski definition) is 6. The zero-order valence-electron chi connectivity index (χ0n) is 18.0. The molecular weight excluding hydrogens is 418 g/mol. The molecule has 2 heterocycles. The van der Waals surface area contributed by atoms with Gasteiger partial charge in [0.15, 0.2) is 11.5 Å². The van der Waals surface area contributed by atoms with Crippen LogP contribution in [-0.2, 0) is 4.74 Å². The zero-order valence-corrected chi connectivity index (χ0v) is 18.8. The van der Waals surface area contributed by atoms with Crippen molar-refractivity contribution in [2.24, 2.45) is 0 Å². The van der Waals surface area contributed by atoms with E-state index in [2.05, 4.69) is 15.3 Å². The number of imidazole rings is 1. The van der Waals surface area contributed by atoms with E-state index in [0.29, 0.717) is 11.6 Å². The topological polar surface area (TPSA) is 89.3 Å². The van der Waals surface area contributed by atoms with Gasteiger partial charge in [-0.1, -0.05) is 29.8 Å². The van der Waals surface area contributed by atoms with Crippen LogP contribution >= 0.6 is 11.6 Å². The van der Waals surface area contributed by atoms with Crippen molar-refractivity contribution in [1.29, 1.82) is 0 Å². The molecule has 3 aromatic rings. The number of hydrogen-bond donors (Lipinski definition) is 1. The van der Waals surface area contributed by atoms with Gasteiger partial charge in [0.05, 0.1) is 5.56 Å². The molecule has 2 aromatic heterocycles. The van der Waals surface area contributed by atoms with E-state index in [-0.39, 0.29) is 22.2 Å². The van der Waals surface area contributed by atoms with Gasteiger partial charge in [-0.3, -0.25) is 9.36 Å². The van der Waals surface area contributed by atoms with Crippen LogP contribution in [0.15, 0.2) is 48.7 Å². The van der Waals surface area contributed by atoms with E-state index >= 15 is 0 Å². The van der Waals surface area contributed by atoms with Gasteiger partial charge >= 0.3 is 5.97 Å². The Morgan fingerprint density at radius 1 is 1.10 bits per heavy atom. The Hall–Kier alpha value is -3.39. The molecule has 0 bridgehead atoms. The first-order chi connectivity index (χ1) is 14.6. The summed E-state index contributed by atoms with van der Waals surface area (Å²) in [6.45, 7) is 5.32. The molecule has 162 valence electrons. The predicted molar refractivity (Wildman–Crippen MR) is 120 cm³/mol. The summed E-state index contributed by atoms with van der Waals surface area (Å²) in [6, 6.07) is 12.4. The molecule has 0 unspecified atom stereocenters. The molecule has 0 radical (unpaired) electrons. The van der Waals surface area contributed by atoms with E-state index in [1.807, 2.05) is 30.3 Å². The van der Waals surface area contributed by atoms with Gasteiger partial charge in [-0.25, -0.2) is 9.78 Å². The Morgan fingerprint density at radius 3 is 2.35 bits per heavy atom. The van der Waals surface area contributed by atoms with Gasteiger partial charge in [0.1, 0.15) is 10.8 Å². The average Bonchev–Trinajstić information content (AvgIpc) is 3.07. The number of halogens is 1. The van der Waals surface area contributed by atoms with Crippen LogP contribution in [0.4, 0.5) is 11.8 Å². The van der Waals surface area contributed by atoms with E-state index in [0.717, 1.165) is 0 Å². The van der Waals surface area contributed by atoms with Crippen molar-refractivity contribution in [3.63, 3.8) is 0 Å². The van der Waals surface area contributed by atoms with Gasteiger partial charge in [-0.15, -0.1) is 0 Å². The summed E-state index contributed by atoms with van der Waals surface area (Å²) in [6.07, 6.45) is 1.49. The van der Waals surface area contributed by atoms with Crippen LogP contribution in [0.1, 0.15) is 41.6 Å². The van der Waals surface area contributed by atoms with Crippen molar-refractivity contribution < 1.29 is 14.3 Å². The minimum Gasteiger partial charge on any atom is -0.455 e. The highest BCUT2D eigenvalue weighted by molar-refractivity contribution is 6.33. The number of aromatic nitrogens is 3. The molecule has 0 spiro atoms. The first-order valence-electron chi connectivity index (χ1n) is 9.59. The number of benzene rings is 1. The molecule has 0 aliphatic carbocycles. The number of para-hydroxylation sites is 1. The molecule has 0 aliphatic heterocycles.